The normalized spacial score (nSPS) is 28.5. The van der Waals surface area contributed by atoms with Crippen molar-refractivity contribution >= 4 is 22.4 Å². The number of benzene rings is 2. The van der Waals surface area contributed by atoms with Gasteiger partial charge in [-0.3, -0.25) is 5.01 Å². The molecular formula is C17H18N4O2. The SMILES string of the molecule is O=C(O)c1cc2c3c(cccc3c1)CCC1C3CNN(C3)NN21. The highest BCUT2D eigenvalue weighted by Gasteiger charge is 2.41. The zero-order valence-corrected chi connectivity index (χ0v) is 12.6. The Labute approximate surface area is 133 Å². The van der Waals surface area contributed by atoms with Gasteiger partial charge < -0.3 is 5.11 Å². The van der Waals surface area contributed by atoms with Crippen LogP contribution < -0.4 is 16.0 Å². The van der Waals surface area contributed by atoms with Crippen LogP contribution in [-0.4, -0.2) is 35.3 Å². The Bertz CT molecular complexity index is 822. The van der Waals surface area contributed by atoms with E-state index in [9.17, 15) is 9.90 Å². The molecule has 3 atom stereocenters. The summed E-state index contributed by atoms with van der Waals surface area (Å²) >= 11 is 0. The van der Waals surface area contributed by atoms with Crippen molar-refractivity contribution in [3.63, 3.8) is 0 Å². The third kappa shape index (κ3) is 1.89. The lowest BCUT2D eigenvalue weighted by molar-refractivity contribution is 0.0697. The minimum absolute atomic E-state index is 0.341. The molecular weight excluding hydrogens is 292 g/mol. The molecule has 118 valence electrons. The predicted octanol–water partition coefficient (Wildman–Crippen LogP) is 1.53. The zero-order chi connectivity index (χ0) is 15.6. The summed E-state index contributed by atoms with van der Waals surface area (Å²) in [5, 5.41) is 15.8. The van der Waals surface area contributed by atoms with Crippen molar-refractivity contribution in [1.29, 1.82) is 0 Å². The molecule has 6 nitrogen and oxygen atoms in total. The van der Waals surface area contributed by atoms with Crippen molar-refractivity contribution in [3.05, 3.63) is 41.5 Å². The first-order valence-corrected chi connectivity index (χ1v) is 8.06. The van der Waals surface area contributed by atoms with E-state index in [0.29, 0.717) is 17.5 Å². The second-order valence-corrected chi connectivity index (χ2v) is 6.62. The van der Waals surface area contributed by atoms with Gasteiger partial charge in [-0.2, -0.15) is 10.7 Å². The van der Waals surface area contributed by atoms with Crippen LogP contribution in [0.1, 0.15) is 22.3 Å². The third-order valence-corrected chi connectivity index (χ3v) is 5.32. The summed E-state index contributed by atoms with van der Waals surface area (Å²) in [6.07, 6.45) is 2.10. The van der Waals surface area contributed by atoms with Crippen LogP contribution in [-0.2, 0) is 6.42 Å². The number of nitrogens with one attached hydrogen (secondary N) is 2. The number of carboxylic acids is 1. The highest BCUT2D eigenvalue weighted by Crippen LogP contribution is 2.39. The van der Waals surface area contributed by atoms with E-state index in [-0.39, 0.29) is 0 Å². The molecule has 3 heterocycles. The Morgan fingerprint density at radius 2 is 2.22 bits per heavy atom. The summed E-state index contributed by atoms with van der Waals surface area (Å²) in [6.45, 7) is 1.95. The fourth-order valence-corrected chi connectivity index (χ4v) is 4.24. The van der Waals surface area contributed by atoms with Gasteiger partial charge >= 0.3 is 5.97 Å². The van der Waals surface area contributed by atoms with E-state index in [2.05, 4.69) is 22.0 Å². The van der Waals surface area contributed by atoms with Gasteiger partial charge in [-0.05, 0) is 35.9 Å². The van der Waals surface area contributed by atoms with Gasteiger partial charge in [0.15, 0.2) is 0 Å². The Morgan fingerprint density at radius 3 is 3.09 bits per heavy atom. The molecule has 2 bridgehead atoms. The number of nitrogens with zero attached hydrogens (tertiary/aromatic N) is 2. The molecule has 3 N–H and O–H groups in total. The second kappa shape index (κ2) is 4.67. The molecule has 2 aromatic carbocycles. The fraction of sp³-hybridized carbons (Fsp3) is 0.353. The van der Waals surface area contributed by atoms with Gasteiger partial charge in [0.1, 0.15) is 0 Å². The second-order valence-electron chi connectivity index (χ2n) is 6.62. The van der Waals surface area contributed by atoms with Crippen LogP contribution in [0.4, 0.5) is 5.69 Å². The van der Waals surface area contributed by atoms with E-state index in [0.717, 1.165) is 37.0 Å². The van der Waals surface area contributed by atoms with E-state index in [1.54, 1.807) is 6.07 Å². The molecule has 0 aliphatic carbocycles. The van der Waals surface area contributed by atoms with Crippen molar-refractivity contribution < 1.29 is 9.90 Å². The van der Waals surface area contributed by atoms with Crippen molar-refractivity contribution in [3.8, 4) is 0 Å². The molecule has 0 saturated carbocycles. The average molecular weight is 310 g/mol. The third-order valence-electron chi connectivity index (χ3n) is 5.32. The summed E-state index contributed by atoms with van der Waals surface area (Å²) in [4.78, 5) is 11.5. The smallest absolute Gasteiger partial charge is 0.335 e. The molecule has 3 aliphatic heterocycles. The minimum Gasteiger partial charge on any atom is -0.478 e. The molecule has 23 heavy (non-hydrogen) atoms. The van der Waals surface area contributed by atoms with Gasteiger partial charge in [-0.25, -0.2) is 10.2 Å². The number of rotatable bonds is 1. The van der Waals surface area contributed by atoms with E-state index in [1.807, 2.05) is 23.3 Å². The molecule has 2 fully saturated rings. The van der Waals surface area contributed by atoms with Crippen LogP contribution in [0, 0.1) is 5.92 Å². The number of hydrogen-bond donors (Lipinski definition) is 3. The molecule has 0 amide bonds. The molecule has 2 saturated heterocycles. The number of aromatic carboxylic acids is 1. The summed E-state index contributed by atoms with van der Waals surface area (Å²) in [7, 11) is 0. The maximum Gasteiger partial charge on any atom is 0.335 e. The minimum atomic E-state index is -0.882. The Kier molecular flexibility index (Phi) is 2.70. The molecule has 0 spiro atoms. The molecule has 6 heteroatoms. The standard InChI is InChI=1S/C17H18N4O2/c22-17(23)12-6-11-3-1-2-10-4-5-14-13-8-18-20(9-13)19-21(14)15(7-12)16(10)11/h1-3,6-7,13-14,18-19H,4-5,8-9H2,(H,22,23). The molecule has 5 rings (SSSR count). The lowest BCUT2D eigenvalue weighted by Crippen LogP contribution is -2.61. The lowest BCUT2D eigenvalue weighted by atomic mass is 9.94. The molecule has 3 aliphatic rings. The lowest BCUT2D eigenvalue weighted by Gasteiger charge is -2.41. The number of carboxylic acid groups (broad SMARTS) is 1. The van der Waals surface area contributed by atoms with Crippen LogP contribution >= 0.6 is 0 Å². The Hall–Kier alpha value is -2.15. The van der Waals surface area contributed by atoms with Gasteiger partial charge in [0.05, 0.1) is 17.3 Å². The van der Waals surface area contributed by atoms with Crippen molar-refractivity contribution in [1.82, 2.24) is 16.1 Å². The van der Waals surface area contributed by atoms with Gasteiger partial charge in [-0.15, -0.1) is 0 Å². The van der Waals surface area contributed by atoms with Crippen molar-refractivity contribution in [2.75, 3.05) is 18.1 Å². The van der Waals surface area contributed by atoms with Gasteiger partial charge in [0.2, 0.25) is 0 Å². The Balaban J connectivity index is 1.77. The summed E-state index contributed by atoms with van der Waals surface area (Å²) in [5.41, 5.74) is 9.40. The van der Waals surface area contributed by atoms with E-state index in [4.69, 9.17) is 0 Å². The van der Waals surface area contributed by atoms with Crippen LogP contribution in [0.5, 0.6) is 0 Å². The summed E-state index contributed by atoms with van der Waals surface area (Å²) < 4.78 is 0. The highest BCUT2D eigenvalue weighted by molar-refractivity contribution is 6.03. The number of hydrogen-bond acceptors (Lipinski definition) is 5. The number of carbonyl (C=O) groups is 1. The number of fused-ring (bicyclic) bond motifs is 5. The number of aryl methyl sites for hydroxylation is 1. The van der Waals surface area contributed by atoms with Crippen molar-refractivity contribution in [2.24, 2.45) is 5.92 Å². The molecule has 0 radical (unpaired) electrons. The van der Waals surface area contributed by atoms with Crippen molar-refractivity contribution in [2.45, 2.75) is 18.9 Å². The fourth-order valence-electron chi connectivity index (χ4n) is 4.24. The van der Waals surface area contributed by atoms with Crippen LogP contribution in [0.2, 0.25) is 0 Å². The van der Waals surface area contributed by atoms with Gasteiger partial charge in [-0.1, -0.05) is 18.2 Å². The Morgan fingerprint density at radius 1 is 1.30 bits per heavy atom. The number of hydrazine groups is 3. The number of anilines is 1. The van der Waals surface area contributed by atoms with Gasteiger partial charge in [0.25, 0.3) is 0 Å². The van der Waals surface area contributed by atoms with E-state index < -0.39 is 5.97 Å². The van der Waals surface area contributed by atoms with E-state index in [1.165, 1.54) is 10.9 Å². The topological polar surface area (TPSA) is 67.8 Å². The largest absolute Gasteiger partial charge is 0.478 e. The molecule has 2 aromatic rings. The maximum absolute atomic E-state index is 11.5. The summed E-state index contributed by atoms with van der Waals surface area (Å²) in [5.74, 6) is -0.332. The molecule has 0 aromatic heterocycles. The van der Waals surface area contributed by atoms with Crippen LogP contribution in [0.15, 0.2) is 30.3 Å². The van der Waals surface area contributed by atoms with Gasteiger partial charge in [0, 0.05) is 24.4 Å². The quantitative estimate of drug-likeness (QED) is 0.742. The molecule has 3 unspecified atom stereocenters. The monoisotopic (exact) mass is 310 g/mol. The first kappa shape index (κ1) is 13.3. The first-order chi connectivity index (χ1) is 11.2. The van der Waals surface area contributed by atoms with Crippen LogP contribution in [0.25, 0.3) is 10.8 Å². The first-order valence-electron chi connectivity index (χ1n) is 8.06. The summed E-state index contributed by atoms with van der Waals surface area (Å²) in [6, 6.07) is 10.2. The predicted molar refractivity (Wildman–Crippen MR) is 86.8 cm³/mol. The zero-order valence-electron chi connectivity index (χ0n) is 12.6. The highest BCUT2D eigenvalue weighted by atomic mass is 16.4. The van der Waals surface area contributed by atoms with E-state index >= 15 is 0 Å². The van der Waals surface area contributed by atoms with Crippen LogP contribution in [0.3, 0.4) is 0 Å². The maximum atomic E-state index is 11.5. The average Bonchev–Trinajstić information content (AvgIpc) is 2.86.